The van der Waals surface area contributed by atoms with Crippen LogP contribution in [0.15, 0.2) is 59.9 Å². The van der Waals surface area contributed by atoms with Gasteiger partial charge in [0, 0.05) is 49.3 Å². The Morgan fingerprint density at radius 2 is 2.03 bits per heavy atom. The van der Waals surface area contributed by atoms with E-state index in [1.165, 1.54) is 5.56 Å². The number of aromatic nitrogens is 2. The fourth-order valence-corrected chi connectivity index (χ4v) is 6.15. The van der Waals surface area contributed by atoms with Crippen LogP contribution < -0.4 is 4.74 Å². The smallest absolute Gasteiger partial charge is 0.119 e. The number of thioether (sulfide) groups is 1. The minimum Gasteiger partial charge on any atom is -0.497 e. The zero-order valence-electron chi connectivity index (χ0n) is 21.1. The Hall–Kier alpha value is -2.19. The molecule has 35 heavy (non-hydrogen) atoms. The van der Waals surface area contributed by atoms with Crippen LogP contribution in [0.25, 0.3) is 10.9 Å². The van der Waals surface area contributed by atoms with Gasteiger partial charge in [0.25, 0.3) is 0 Å². The summed E-state index contributed by atoms with van der Waals surface area (Å²) in [6, 6.07) is 14.6. The standard InChI is InChI=1S/C28H38N4O2S/c1-31(2)27(24-11-14-29-26-9-8-23(34-3)18-25(24)26)10-7-21-12-15-32(19-22(21)20-33)16-17-35-28-6-4-5-13-30-28/h4-6,8-9,11,13-14,18,21-22,27,33H,7,10,12,15-17,19-20H2,1-3H3/t21-,22-,27-/m1/s1. The van der Waals surface area contributed by atoms with Crippen molar-refractivity contribution in [1.29, 1.82) is 0 Å². The Morgan fingerprint density at radius 1 is 1.14 bits per heavy atom. The zero-order valence-corrected chi connectivity index (χ0v) is 22.0. The second-order valence-electron chi connectivity index (χ2n) is 9.65. The Kier molecular flexibility index (Phi) is 9.38. The highest BCUT2D eigenvalue weighted by atomic mass is 32.2. The van der Waals surface area contributed by atoms with Crippen molar-refractivity contribution in [2.75, 3.05) is 53.2 Å². The second-order valence-corrected chi connectivity index (χ2v) is 10.8. The van der Waals surface area contributed by atoms with Crippen molar-refractivity contribution in [2.45, 2.75) is 30.3 Å². The third-order valence-corrected chi connectivity index (χ3v) is 8.20. The third-order valence-electron chi connectivity index (χ3n) is 7.28. The number of aliphatic hydroxyl groups is 1. The Morgan fingerprint density at radius 3 is 2.77 bits per heavy atom. The molecule has 2 aromatic heterocycles. The molecule has 1 aliphatic rings. The van der Waals surface area contributed by atoms with E-state index in [0.29, 0.717) is 17.9 Å². The van der Waals surface area contributed by atoms with Crippen LogP contribution in [0.5, 0.6) is 5.75 Å². The first-order valence-corrected chi connectivity index (χ1v) is 13.5. The van der Waals surface area contributed by atoms with Crippen LogP contribution in [-0.2, 0) is 0 Å². The molecule has 3 aromatic rings. The molecule has 1 saturated heterocycles. The van der Waals surface area contributed by atoms with Gasteiger partial charge in [-0.3, -0.25) is 4.98 Å². The molecule has 7 heteroatoms. The molecule has 0 bridgehead atoms. The van der Waals surface area contributed by atoms with Crippen molar-refractivity contribution in [3.05, 3.63) is 60.4 Å². The lowest BCUT2D eigenvalue weighted by atomic mass is 9.81. The molecule has 0 unspecified atom stereocenters. The molecule has 1 fully saturated rings. The maximum atomic E-state index is 10.2. The molecule has 1 aliphatic heterocycles. The molecule has 1 N–H and O–H groups in total. The van der Waals surface area contributed by atoms with E-state index in [4.69, 9.17) is 4.74 Å². The van der Waals surface area contributed by atoms with Gasteiger partial charge in [-0.05, 0) is 93.7 Å². The maximum absolute atomic E-state index is 10.2. The lowest BCUT2D eigenvalue weighted by Crippen LogP contribution is -2.43. The lowest BCUT2D eigenvalue weighted by Gasteiger charge is -2.39. The molecule has 3 atom stereocenters. The van der Waals surface area contributed by atoms with E-state index in [2.05, 4.69) is 52.1 Å². The number of hydrogen-bond acceptors (Lipinski definition) is 7. The van der Waals surface area contributed by atoms with E-state index in [9.17, 15) is 5.11 Å². The first kappa shape index (κ1) is 25.9. The predicted octanol–water partition coefficient (Wildman–Crippen LogP) is 4.74. The molecular formula is C28H38N4O2S. The van der Waals surface area contributed by atoms with E-state index in [1.807, 2.05) is 48.4 Å². The summed E-state index contributed by atoms with van der Waals surface area (Å²) >= 11 is 1.81. The number of likely N-dealkylation sites (tertiary alicyclic amines) is 1. The van der Waals surface area contributed by atoms with Crippen molar-refractivity contribution in [2.24, 2.45) is 11.8 Å². The number of piperidine rings is 1. The van der Waals surface area contributed by atoms with Gasteiger partial charge in [0.2, 0.25) is 0 Å². The monoisotopic (exact) mass is 494 g/mol. The van der Waals surface area contributed by atoms with Crippen molar-refractivity contribution >= 4 is 22.7 Å². The number of aliphatic hydroxyl groups excluding tert-OH is 1. The van der Waals surface area contributed by atoms with Gasteiger partial charge in [-0.1, -0.05) is 6.07 Å². The van der Waals surface area contributed by atoms with Crippen LogP contribution in [0.1, 0.15) is 30.9 Å². The van der Waals surface area contributed by atoms with E-state index >= 15 is 0 Å². The van der Waals surface area contributed by atoms with Crippen molar-refractivity contribution in [3.63, 3.8) is 0 Å². The molecule has 0 aliphatic carbocycles. The highest BCUT2D eigenvalue weighted by Gasteiger charge is 2.30. The maximum Gasteiger partial charge on any atom is 0.119 e. The number of methoxy groups -OCH3 is 1. The molecule has 3 heterocycles. The molecular weight excluding hydrogens is 456 g/mol. The van der Waals surface area contributed by atoms with Gasteiger partial charge in [0.1, 0.15) is 5.75 Å². The number of ether oxygens (including phenoxy) is 1. The van der Waals surface area contributed by atoms with Gasteiger partial charge in [-0.15, -0.1) is 11.8 Å². The molecule has 6 nitrogen and oxygen atoms in total. The minimum atomic E-state index is 0.260. The largest absolute Gasteiger partial charge is 0.497 e. The fourth-order valence-electron chi connectivity index (χ4n) is 5.29. The SMILES string of the molecule is COc1ccc2nccc([C@@H](CC[C@@H]3CCN(CCSc4ccccn4)C[C@@H]3CO)N(C)C)c2c1. The highest BCUT2D eigenvalue weighted by molar-refractivity contribution is 7.99. The third kappa shape index (κ3) is 6.73. The number of benzene rings is 1. The van der Waals surface area contributed by atoms with Crippen LogP contribution in [0.3, 0.4) is 0 Å². The van der Waals surface area contributed by atoms with Crippen molar-refractivity contribution in [1.82, 2.24) is 19.8 Å². The summed E-state index contributed by atoms with van der Waals surface area (Å²) in [5.74, 6) is 2.77. The Labute approximate surface area is 213 Å². The summed E-state index contributed by atoms with van der Waals surface area (Å²) in [6.45, 7) is 3.38. The molecule has 0 spiro atoms. The number of rotatable bonds is 11. The van der Waals surface area contributed by atoms with Gasteiger partial charge in [-0.2, -0.15) is 0 Å². The number of fused-ring (bicyclic) bond motifs is 1. The minimum absolute atomic E-state index is 0.260. The van der Waals surface area contributed by atoms with Crippen molar-refractivity contribution in [3.8, 4) is 5.75 Å². The summed E-state index contributed by atoms with van der Waals surface area (Å²) in [5.41, 5.74) is 2.30. The number of nitrogens with zero attached hydrogens (tertiary/aromatic N) is 4. The second kappa shape index (κ2) is 12.7. The van der Waals surface area contributed by atoms with Crippen LogP contribution in [0, 0.1) is 11.8 Å². The van der Waals surface area contributed by atoms with E-state index in [-0.39, 0.29) is 6.61 Å². The molecule has 0 amide bonds. The molecule has 1 aromatic carbocycles. The fraction of sp³-hybridized carbons (Fsp3) is 0.500. The molecule has 0 radical (unpaired) electrons. The molecule has 0 saturated carbocycles. The Balaban J connectivity index is 1.36. The highest BCUT2D eigenvalue weighted by Crippen LogP contribution is 2.35. The molecule has 4 rings (SSSR count). The summed E-state index contributed by atoms with van der Waals surface area (Å²) in [5, 5.41) is 12.4. The first-order valence-electron chi connectivity index (χ1n) is 12.5. The van der Waals surface area contributed by atoms with Crippen LogP contribution in [0.4, 0.5) is 0 Å². The van der Waals surface area contributed by atoms with Gasteiger partial charge in [-0.25, -0.2) is 4.98 Å². The van der Waals surface area contributed by atoms with E-state index < -0.39 is 0 Å². The van der Waals surface area contributed by atoms with Gasteiger partial charge < -0.3 is 19.6 Å². The zero-order chi connectivity index (χ0) is 24.6. The normalized spacial score (nSPS) is 19.8. The van der Waals surface area contributed by atoms with Crippen molar-refractivity contribution < 1.29 is 9.84 Å². The van der Waals surface area contributed by atoms with Gasteiger partial charge >= 0.3 is 0 Å². The summed E-state index contributed by atoms with van der Waals surface area (Å²) in [4.78, 5) is 13.8. The topological polar surface area (TPSA) is 61.7 Å². The van der Waals surface area contributed by atoms with Gasteiger partial charge in [0.05, 0.1) is 17.7 Å². The number of pyridine rings is 2. The quantitative estimate of drug-likeness (QED) is 0.386. The van der Waals surface area contributed by atoms with Crippen LogP contribution in [0.2, 0.25) is 0 Å². The summed E-state index contributed by atoms with van der Waals surface area (Å²) in [6.07, 6.45) is 7.07. The molecule has 188 valence electrons. The summed E-state index contributed by atoms with van der Waals surface area (Å²) in [7, 11) is 6.02. The lowest BCUT2D eigenvalue weighted by molar-refractivity contribution is 0.0671. The van der Waals surface area contributed by atoms with Crippen LogP contribution in [-0.4, -0.2) is 78.1 Å². The summed E-state index contributed by atoms with van der Waals surface area (Å²) < 4.78 is 5.49. The van der Waals surface area contributed by atoms with E-state index in [0.717, 1.165) is 66.3 Å². The van der Waals surface area contributed by atoms with E-state index in [1.54, 1.807) is 7.11 Å². The van der Waals surface area contributed by atoms with Gasteiger partial charge in [0.15, 0.2) is 0 Å². The average molecular weight is 495 g/mol. The predicted molar refractivity (Wildman–Crippen MR) is 144 cm³/mol. The Bertz CT molecular complexity index is 1070. The average Bonchev–Trinajstić information content (AvgIpc) is 2.89. The first-order chi connectivity index (χ1) is 17.1. The van der Waals surface area contributed by atoms with Crippen LogP contribution >= 0.6 is 11.8 Å². The number of hydrogen-bond donors (Lipinski definition) is 1.